The maximum absolute atomic E-state index is 11.5. The van der Waals surface area contributed by atoms with Gasteiger partial charge in [-0.3, -0.25) is 4.79 Å². The Bertz CT molecular complexity index is 558. The highest BCUT2D eigenvalue weighted by molar-refractivity contribution is 5.95. The van der Waals surface area contributed by atoms with E-state index in [9.17, 15) is 4.79 Å². The molecule has 0 bridgehead atoms. The first-order chi connectivity index (χ1) is 11.1. The molecule has 0 unspecified atom stereocenters. The fourth-order valence-electron chi connectivity index (χ4n) is 1.72. The van der Waals surface area contributed by atoms with Crippen LogP contribution < -0.4 is 25.8 Å². The van der Waals surface area contributed by atoms with Gasteiger partial charge in [-0.1, -0.05) is 6.08 Å². The van der Waals surface area contributed by atoms with Crippen molar-refractivity contribution in [3.8, 4) is 11.5 Å². The molecule has 0 saturated carbocycles. The summed E-state index contributed by atoms with van der Waals surface area (Å²) in [6.45, 7) is 8.72. The minimum absolute atomic E-state index is 0.0677. The summed E-state index contributed by atoms with van der Waals surface area (Å²) < 4.78 is 11.0. The summed E-state index contributed by atoms with van der Waals surface area (Å²) in [5.74, 6) is 1.20. The van der Waals surface area contributed by atoms with E-state index in [1.165, 1.54) is 0 Å². The summed E-state index contributed by atoms with van der Waals surface area (Å²) in [5, 5.41) is 5.55. The first-order valence-electron chi connectivity index (χ1n) is 7.44. The van der Waals surface area contributed by atoms with Crippen LogP contribution in [0.15, 0.2) is 35.8 Å². The second kappa shape index (κ2) is 10.1. The third kappa shape index (κ3) is 6.73. The number of nitrogens with zero attached hydrogens (tertiary/aromatic N) is 1. The van der Waals surface area contributed by atoms with Gasteiger partial charge in [0.15, 0.2) is 5.96 Å². The van der Waals surface area contributed by atoms with Gasteiger partial charge in [-0.15, -0.1) is 6.58 Å². The lowest BCUT2D eigenvalue weighted by molar-refractivity contribution is -0.119. The summed E-state index contributed by atoms with van der Waals surface area (Å²) in [7, 11) is 0. The molecule has 126 valence electrons. The van der Waals surface area contributed by atoms with Gasteiger partial charge < -0.3 is 25.8 Å². The second-order valence-corrected chi connectivity index (χ2v) is 4.44. The lowest BCUT2D eigenvalue weighted by Crippen LogP contribution is -2.29. The van der Waals surface area contributed by atoms with Gasteiger partial charge in [0.2, 0.25) is 5.91 Å². The monoisotopic (exact) mass is 320 g/mol. The minimum Gasteiger partial charge on any atom is -0.494 e. The standard InChI is InChI=1S/C16H24N4O3/c1-4-9-18-15(21)11-19-16(17)20-13-10-12(22-5-2)7-8-14(13)23-6-3/h4,7-8,10H,1,5-6,9,11H2,2-3H3,(H,18,21)(H3,17,19,20). The number of hydrogen-bond acceptors (Lipinski definition) is 4. The number of guanidine groups is 1. The molecular weight excluding hydrogens is 296 g/mol. The van der Waals surface area contributed by atoms with Crippen LogP contribution in [0.5, 0.6) is 11.5 Å². The van der Waals surface area contributed by atoms with E-state index in [1.54, 1.807) is 18.2 Å². The maximum atomic E-state index is 11.5. The number of rotatable bonds is 9. The molecule has 0 aliphatic heterocycles. The Morgan fingerprint density at radius 1 is 1.35 bits per heavy atom. The Morgan fingerprint density at radius 3 is 2.74 bits per heavy atom. The molecule has 1 amide bonds. The van der Waals surface area contributed by atoms with Crippen molar-refractivity contribution >= 4 is 17.6 Å². The molecule has 7 heteroatoms. The fraction of sp³-hybridized carbons (Fsp3) is 0.375. The molecule has 0 aliphatic carbocycles. The highest BCUT2D eigenvalue weighted by Crippen LogP contribution is 2.29. The van der Waals surface area contributed by atoms with Crippen LogP contribution in [0.3, 0.4) is 0 Å². The van der Waals surface area contributed by atoms with E-state index in [0.717, 1.165) is 0 Å². The van der Waals surface area contributed by atoms with Crippen molar-refractivity contribution in [3.63, 3.8) is 0 Å². The number of ether oxygens (including phenoxy) is 2. The van der Waals surface area contributed by atoms with E-state index >= 15 is 0 Å². The Kier molecular flexibility index (Phi) is 8.06. The summed E-state index contributed by atoms with van der Waals surface area (Å²) >= 11 is 0. The Hall–Kier alpha value is -2.70. The van der Waals surface area contributed by atoms with E-state index in [-0.39, 0.29) is 18.4 Å². The average molecular weight is 320 g/mol. The van der Waals surface area contributed by atoms with Crippen LogP contribution in [0.2, 0.25) is 0 Å². The summed E-state index contributed by atoms with van der Waals surface area (Å²) in [6, 6.07) is 5.38. The number of aliphatic imine (C=N–C) groups is 1. The van der Waals surface area contributed by atoms with Crippen molar-refractivity contribution in [1.82, 2.24) is 5.32 Å². The number of amides is 1. The molecule has 1 rings (SSSR count). The summed E-state index contributed by atoms with van der Waals surface area (Å²) in [6.07, 6.45) is 1.59. The van der Waals surface area contributed by atoms with Crippen LogP contribution in [0.4, 0.5) is 5.69 Å². The van der Waals surface area contributed by atoms with Crippen molar-refractivity contribution in [2.24, 2.45) is 10.7 Å². The van der Waals surface area contributed by atoms with Crippen molar-refractivity contribution in [3.05, 3.63) is 30.9 Å². The molecular formula is C16H24N4O3. The van der Waals surface area contributed by atoms with E-state index in [4.69, 9.17) is 15.2 Å². The molecule has 4 N–H and O–H groups in total. The van der Waals surface area contributed by atoms with Crippen molar-refractivity contribution in [1.29, 1.82) is 0 Å². The van der Waals surface area contributed by atoms with Crippen LogP contribution in [-0.4, -0.2) is 38.2 Å². The molecule has 0 aliphatic rings. The SMILES string of the molecule is C=CCNC(=O)CN=C(N)Nc1cc(OCC)ccc1OCC. The number of carbonyl (C=O) groups excluding carboxylic acids is 1. The van der Waals surface area contributed by atoms with E-state index in [2.05, 4.69) is 22.2 Å². The number of anilines is 1. The quantitative estimate of drug-likeness (QED) is 0.364. The lowest BCUT2D eigenvalue weighted by Gasteiger charge is -2.13. The smallest absolute Gasteiger partial charge is 0.242 e. The minimum atomic E-state index is -0.234. The number of hydrogen-bond donors (Lipinski definition) is 3. The van der Waals surface area contributed by atoms with Crippen molar-refractivity contribution in [2.75, 3.05) is 31.6 Å². The summed E-state index contributed by atoms with van der Waals surface area (Å²) in [4.78, 5) is 15.5. The van der Waals surface area contributed by atoms with Crippen LogP contribution in [0, 0.1) is 0 Å². The number of nitrogens with two attached hydrogens (primary N) is 1. The zero-order valence-electron chi connectivity index (χ0n) is 13.6. The van der Waals surface area contributed by atoms with Gasteiger partial charge in [-0.2, -0.15) is 0 Å². The molecule has 0 atom stereocenters. The fourth-order valence-corrected chi connectivity index (χ4v) is 1.72. The Morgan fingerprint density at radius 2 is 2.09 bits per heavy atom. The predicted molar refractivity (Wildman–Crippen MR) is 92.1 cm³/mol. The van der Waals surface area contributed by atoms with Gasteiger partial charge in [0.25, 0.3) is 0 Å². The lowest BCUT2D eigenvalue weighted by atomic mass is 10.2. The first kappa shape index (κ1) is 18.3. The molecule has 1 aromatic rings. The van der Waals surface area contributed by atoms with Gasteiger partial charge in [0, 0.05) is 12.6 Å². The number of carbonyl (C=O) groups is 1. The molecule has 23 heavy (non-hydrogen) atoms. The number of benzene rings is 1. The molecule has 0 aromatic heterocycles. The highest BCUT2D eigenvalue weighted by atomic mass is 16.5. The van der Waals surface area contributed by atoms with Gasteiger partial charge in [0.1, 0.15) is 18.0 Å². The third-order valence-electron chi connectivity index (χ3n) is 2.66. The van der Waals surface area contributed by atoms with Gasteiger partial charge in [-0.25, -0.2) is 4.99 Å². The zero-order chi connectivity index (χ0) is 17.1. The molecule has 1 aromatic carbocycles. The zero-order valence-corrected chi connectivity index (χ0v) is 13.6. The van der Waals surface area contributed by atoms with Gasteiger partial charge in [-0.05, 0) is 26.0 Å². The van der Waals surface area contributed by atoms with Gasteiger partial charge >= 0.3 is 0 Å². The van der Waals surface area contributed by atoms with Crippen LogP contribution in [0.25, 0.3) is 0 Å². The molecule has 0 spiro atoms. The first-order valence-corrected chi connectivity index (χ1v) is 7.44. The molecule has 0 fully saturated rings. The van der Waals surface area contributed by atoms with Crippen molar-refractivity contribution < 1.29 is 14.3 Å². The Labute approximate surface area is 136 Å². The molecule has 0 heterocycles. The van der Waals surface area contributed by atoms with E-state index < -0.39 is 0 Å². The van der Waals surface area contributed by atoms with Gasteiger partial charge in [0.05, 0.1) is 18.9 Å². The molecule has 7 nitrogen and oxygen atoms in total. The normalized spacial score (nSPS) is 10.8. The largest absolute Gasteiger partial charge is 0.494 e. The second-order valence-electron chi connectivity index (χ2n) is 4.44. The predicted octanol–water partition coefficient (Wildman–Crippen LogP) is 1.51. The topological polar surface area (TPSA) is 98.0 Å². The van der Waals surface area contributed by atoms with E-state index in [1.807, 2.05) is 19.9 Å². The Balaban J connectivity index is 2.77. The summed E-state index contributed by atoms with van der Waals surface area (Å²) in [5.41, 5.74) is 6.44. The average Bonchev–Trinajstić information content (AvgIpc) is 2.54. The third-order valence-corrected chi connectivity index (χ3v) is 2.66. The van der Waals surface area contributed by atoms with Crippen LogP contribution in [0.1, 0.15) is 13.8 Å². The molecule has 0 radical (unpaired) electrons. The van der Waals surface area contributed by atoms with Crippen LogP contribution in [-0.2, 0) is 4.79 Å². The van der Waals surface area contributed by atoms with Crippen LogP contribution >= 0.6 is 0 Å². The van der Waals surface area contributed by atoms with Crippen molar-refractivity contribution in [2.45, 2.75) is 13.8 Å². The molecule has 0 saturated heterocycles. The maximum Gasteiger partial charge on any atom is 0.242 e. The van der Waals surface area contributed by atoms with E-state index in [0.29, 0.717) is 36.9 Å². The highest BCUT2D eigenvalue weighted by Gasteiger charge is 2.07. The number of nitrogens with one attached hydrogen (secondary N) is 2.